The molecule has 0 radical (unpaired) electrons. The average Bonchev–Trinajstić information content (AvgIpc) is 3.12. The number of thiophene rings is 1. The van der Waals surface area contributed by atoms with E-state index in [1.165, 1.54) is 23.5 Å². The molecule has 0 saturated carbocycles. The van der Waals surface area contributed by atoms with Gasteiger partial charge in [0.1, 0.15) is 12.4 Å². The number of carbonyl (C=O) groups is 1. The Bertz CT molecular complexity index is 1020. The van der Waals surface area contributed by atoms with Crippen molar-refractivity contribution in [2.75, 3.05) is 5.32 Å². The number of halogens is 3. The third-order valence-electron chi connectivity index (χ3n) is 4.51. The lowest BCUT2D eigenvalue weighted by molar-refractivity contribution is -0.137. The third-order valence-corrected chi connectivity index (χ3v) is 5.48. The van der Waals surface area contributed by atoms with E-state index in [4.69, 9.17) is 4.74 Å². The van der Waals surface area contributed by atoms with Crippen LogP contribution in [0.4, 0.5) is 18.9 Å². The van der Waals surface area contributed by atoms with Crippen molar-refractivity contribution >= 4 is 22.9 Å². The highest BCUT2D eigenvalue weighted by Crippen LogP contribution is 2.30. The summed E-state index contributed by atoms with van der Waals surface area (Å²) >= 11 is 1.26. The van der Waals surface area contributed by atoms with Crippen molar-refractivity contribution in [2.24, 2.45) is 0 Å². The van der Waals surface area contributed by atoms with Crippen LogP contribution in [0.25, 0.3) is 0 Å². The monoisotopic (exact) mass is 419 g/mol. The van der Waals surface area contributed by atoms with Crippen LogP contribution < -0.4 is 10.1 Å². The van der Waals surface area contributed by atoms with Crippen molar-refractivity contribution in [3.63, 3.8) is 0 Å². The maximum absolute atomic E-state index is 12.6. The molecule has 0 bridgehead atoms. The van der Waals surface area contributed by atoms with Crippen LogP contribution in [0.1, 0.15) is 37.5 Å². The summed E-state index contributed by atoms with van der Waals surface area (Å²) in [5.41, 5.74) is 3.75. The first kappa shape index (κ1) is 20.9. The first-order chi connectivity index (χ1) is 13.6. The smallest absolute Gasteiger partial charge is 0.416 e. The predicted octanol–water partition coefficient (Wildman–Crippen LogP) is 6.52. The molecule has 0 aliphatic rings. The van der Waals surface area contributed by atoms with E-state index in [2.05, 4.69) is 11.4 Å². The summed E-state index contributed by atoms with van der Waals surface area (Å²) in [5, 5.41) is 4.44. The number of rotatable bonds is 5. The number of hydrogen-bond acceptors (Lipinski definition) is 3. The molecule has 0 atom stereocenters. The molecular formula is C22H20F3NO2S. The molecule has 0 saturated heterocycles. The quantitative estimate of drug-likeness (QED) is 0.511. The van der Waals surface area contributed by atoms with E-state index in [1.54, 1.807) is 6.07 Å². The first-order valence-electron chi connectivity index (χ1n) is 8.90. The number of aryl methyl sites for hydroxylation is 2. The van der Waals surface area contributed by atoms with Crippen LogP contribution in [0.3, 0.4) is 0 Å². The molecule has 3 aromatic rings. The van der Waals surface area contributed by atoms with Crippen LogP contribution in [0.2, 0.25) is 0 Å². The van der Waals surface area contributed by atoms with Gasteiger partial charge in [-0.3, -0.25) is 4.79 Å². The van der Waals surface area contributed by atoms with E-state index >= 15 is 0 Å². The number of benzene rings is 2. The molecule has 3 nitrogen and oxygen atoms in total. The zero-order chi connectivity index (χ0) is 21.2. The van der Waals surface area contributed by atoms with Gasteiger partial charge >= 0.3 is 6.18 Å². The van der Waals surface area contributed by atoms with Gasteiger partial charge in [-0.1, -0.05) is 6.07 Å². The van der Waals surface area contributed by atoms with Gasteiger partial charge in [0.2, 0.25) is 0 Å². The molecule has 0 unspecified atom stereocenters. The highest BCUT2D eigenvalue weighted by molar-refractivity contribution is 7.12. The van der Waals surface area contributed by atoms with E-state index in [0.717, 1.165) is 40.1 Å². The Balaban J connectivity index is 1.63. The van der Waals surface area contributed by atoms with Crippen molar-refractivity contribution in [1.29, 1.82) is 0 Å². The van der Waals surface area contributed by atoms with Crippen molar-refractivity contribution in [2.45, 2.75) is 33.6 Å². The molecule has 0 aliphatic carbocycles. The van der Waals surface area contributed by atoms with Crippen molar-refractivity contribution in [1.82, 2.24) is 0 Å². The summed E-state index contributed by atoms with van der Waals surface area (Å²) in [5.74, 6) is 0.438. The fourth-order valence-corrected chi connectivity index (χ4v) is 3.61. The highest BCUT2D eigenvalue weighted by atomic mass is 32.1. The number of alkyl halides is 3. The summed E-state index contributed by atoms with van der Waals surface area (Å²) in [7, 11) is 0. The lowest BCUT2D eigenvalue weighted by atomic mass is 10.1. The Hall–Kier alpha value is -2.80. The van der Waals surface area contributed by atoms with Gasteiger partial charge in [0.05, 0.1) is 10.4 Å². The summed E-state index contributed by atoms with van der Waals surface area (Å²) < 4.78 is 43.8. The summed E-state index contributed by atoms with van der Waals surface area (Å²) in [6.45, 7) is 6.37. The number of amides is 1. The number of carbonyl (C=O) groups excluding carboxylic acids is 1. The van der Waals surface area contributed by atoms with Crippen LogP contribution in [0, 0.1) is 20.8 Å². The van der Waals surface area contributed by atoms with Crippen molar-refractivity contribution in [3.8, 4) is 5.75 Å². The number of hydrogen-bond donors (Lipinski definition) is 1. The summed E-state index contributed by atoms with van der Waals surface area (Å²) in [6.07, 6.45) is -4.40. The fraction of sp³-hybridized carbons (Fsp3) is 0.227. The number of ether oxygens (including phenoxy) is 1. The van der Waals surface area contributed by atoms with Crippen molar-refractivity contribution < 1.29 is 22.7 Å². The van der Waals surface area contributed by atoms with Gasteiger partial charge in [0.15, 0.2) is 0 Å². The Kier molecular flexibility index (Phi) is 5.98. The second kappa shape index (κ2) is 8.29. The average molecular weight is 419 g/mol. The molecule has 0 aliphatic heterocycles. The lowest BCUT2D eigenvalue weighted by Crippen LogP contribution is -2.11. The molecule has 3 rings (SSSR count). The molecule has 1 amide bonds. The molecular weight excluding hydrogens is 399 g/mol. The van der Waals surface area contributed by atoms with E-state index in [1.807, 2.05) is 32.2 Å². The van der Waals surface area contributed by atoms with Crippen LogP contribution in [-0.2, 0) is 12.8 Å². The third kappa shape index (κ3) is 5.17. The first-order valence-corrected chi connectivity index (χ1v) is 9.78. The second-order valence-corrected chi connectivity index (χ2v) is 7.75. The topological polar surface area (TPSA) is 38.3 Å². The standard InChI is InChI=1S/C22H20F3NO2S/c1-13-8-14(2)15(3)19(9-13)28-11-16-10-20(29-12-16)21(27)26-18-6-4-17(5-7-18)22(23,24)25/h4-10,12H,11H2,1-3H3,(H,26,27). The van der Waals surface area contributed by atoms with Gasteiger partial charge in [-0.15, -0.1) is 11.3 Å². The largest absolute Gasteiger partial charge is 0.489 e. The SMILES string of the molecule is Cc1cc(C)c(C)c(OCc2csc(C(=O)Nc3ccc(C(F)(F)F)cc3)c2)c1. The van der Waals surface area contributed by atoms with Crippen molar-refractivity contribution in [3.05, 3.63) is 80.5 Å². The van der Waals surface area contributed by atoms with E-state index < -0.39 is 11.7 Å². The Labute approximate surface area is 171 Å². The van der Waals surface area contributed by atoms with Crippen LogP contribution in [0.5, 0.6) is 5.75 Å². The van der Waals surface area contributed by atoms with Gasteiger partial charge in [0, 0.05) is 11.3 Å². The Morgan fingerprint density at radius 1 is 1.07 bits per heavy atom. The van der Waals surface area contributed by atoms with Gasteiger partial charge in [-0.25, -0.2) is 0 Å². The predicted molar refractivity (Wildman–Crippen MR) is 109 cm³/mol. The molecule has 1 aromatic heterocycles. The van der Waals surface area contributed by atoms with Gasteiger partial charge in [-0.2, -0.15) is 13.2 Å². The minimum atomic E-state index is -4.40. The van der Waals surface area contributed by atoms with Gasteiger partial charge in [0.25, 0.3) is 5.91 Å². The number of anilines is 1. The fourth-order valence-electron chi connectivity index (χ4n) is 2.82. The summed E-state index contributed by atoms with van der Waals surface area (Å²) in [6, 6.07) is 10.2. The Morgan fingerprint density at radius 3 is 2.41 bits per heavy atom. The van der Waals surface area contributed by atoms with E-state index in [0.29, 0.717) is 17.2 Å². The molecule has 2 aromatic carbocycles. The summed E-state index contributed by atoms with van der Waals surface area (Å²) in [4.78, 5) is 12.8. The van der Waals surface area contributed by atoms with Gasteiger partial charge < -0.3 is 10.1 Å². The molecule has 1 heterocycles. The second-order valence-electron chi connectivity index (χ2n) is 6.84. The minimum absolute atomic E-state index is 0.306. The van der Waals surface area contributed by atoms with E-state index in [9.17, 15) is 18.0 Å². The maximum atomic E-state index is 12.6. The van der Waals surface area contributed by atoms with Crippen LogP contribution >= 0.6 is 11.3 Å². The molecule has 0 spiro atoms. The lowest BCUT2D eigenvalue weighted by Gasteiger charge is -2.11. The zero-order valence-electron chi connectivity index (χ0n) is 16.2. The molecule has 152 valence electrons. The maximum Gasteiger partial charge on any atom is 0.416 e. The molecule has 7 heteroatoms. The Morgan fingerprint density at radius 2 is 1.76 bits per heavy atom. The molecule has 29 heavy (non-hydrogen) atoms. The minimum Gasteiger partial charge on any atom is -0.489 e. The zero-order valence-corrected chi connectivity index (χ0v) is 17.0. The molecule has 1 N–H and O–H groups in total. The highest BCUT2D eigenvalue weighted by Gasteiger charge is 2.30. The number of nitrogens with one attached hydrogen (secondary N) is 1. The van der Waals surface area contributed by atoms with E-state index in [-0.39, 0.29) is 5.91 Å². The van der Waals surface area contributed by atoms with Crippen LogP contribution in [-0.4, -0.2) is 5.91 Å². The van der Waals surface area contributed by atoms with Crippen LogP contribution in [0.15, 0.2) is 47.8 Å². The normalized spacial score (nSPS) is 11.4. The molecule has 0 fully saturated rings. The van der Waals surface area contributed by atoms with Gasteiger partial charge in [-0.05, 0) is 79.2 Å².